The molecule has 5 heteroatoms. The smallest absolute Gasteiger partial charge is 0.231 e. The molecule has 0 amide bonds. The van der Waals surface area contributed by atoms with Gasteiger partial charge in [-0.05, 0) is 37.5 Å². The van der Waals surface area contributed by atoms with Crippen LogP contribution in [0.2, 0.25) is 0 Å². The zero-order chi connectivity index (χ0) is 15.8. The van der Waals surface area contributed by atoms with Crippen molar-refractivity contribution < 1.29 is 14.0 Å². The van der Waals surface area contributed by atoms with E-state index in [2.05, 4.69) is 13.8 Å². The first-order valence-corrected chi connectivity index (χ1v) is 9.84. The van der Waals surface area contributed by atoms with E-state index in [9.17, 15) is 4.55 Å². The van der Waals surface area contributed by atoms with Crippen molar-refractivity contribution in [3.63, 3.8) is 0 Å². The normalized spacial score (nSPS) is 15.1. The molecule has 3 atom stereocenters. The summed E-state index contributed by atoms with van der Waals surface area (Å²) in [5.74, 6) is 2.45. The van der Waals surface area contributed by atoms with Crippen molar-refractivity contribution in [1.29, 1.82) is 0 Å². The number of unbranched alkanes of at least 4 members (excludes halogenated alkanes) is 5. The van der Waals surface area contributed by atoms with Crippen molar-refractivity contribution in [2.45, 2.75) is 64.0 Å². The molecule has 132 valence electrons. The molecule has 1 aliphatic heterocycles. The third-order valence-corrected chi connectivity index (χ3v) is 5.86. The summed E-state index contributed by atoms with van der Waals surface area (Å²) in [4.78, 5) is 0. The molecule has 0 radical (unpaired) electrons. The van der Waals surface area contributed by atoms with E-state index in [4.69, 9.17) is 9.47 Å². The molecule has 1 heterocycles. The van der Waals surface area contributed by atoms with Gasteiger partial charge in [-0.25, -0.2) is 0 Å². The van der Waals surface area contributed by atoms with Gasteiger partial charge in [0.05, 0.1) is 0 Å². The van der Waals surface area contributed by atoms with Gasteiger partial charge in [0.25, 0.3) is 0 Å². The van der Waals surface area contributed by atoms with E-state index in [1.165, 1.54) is 37.7 Å². The second-order valence-electron chi connectivity index (χ2n) is 6.05. The molecular weight excluding hydrogens is 327 g/mol. The van der Waals surface area contributed by atoms with E-state index in [0.717, 1.165) is 30.1 Å². The maximum Gasteiger partial charge on any atom is 0.231 e. The predicted molar refractivity (Wildman–Crippen MR) is 103 cm³/mol. The standard InChI is InChI=1S/C18H28O3S.H3P/c1-3-4-5-6-7-8-11-22(19)15(2)12-16-9-10-17-18(13-16)21-14-20-17;/h9-10,13,15H,3-8,11-12,14H2,1-2H3;1H3. The molecule has 0 aromatic heterocycles. The maximum absolute atomic E-state index is 12.3. The predicted octanol–water partition coefficient (Wildman–Crippen LogP) is 4.51. The lowest BCUT2D eigenvalue weighted by molar-refractivity contribution is 0.174. The molecule has 23 heavy (non-hydrogen) atoms. The summed E-state index contributed by atoms with van der Waals surface area (Å²) < 4.78 is 23.0. The van der Waals surface area contributed by atoms with Crippen LogP contribution >= 0.6 is 9.90 Å². The Morgan fingerprint density at radius 3 is 2.57 bits per heavy atom. The molecular formula is C18H31O3PS. The van der Waals surface area contributed by atoms with Crippen molar-refractivity contribution in [3.8, 4) is 11.5 Å². The highest BCUT2D eigenvalue weighted by Gasteiger charge is 2.19. The van der Waals surface area contributed by atoms with Crippen LogP contribution in [0.5, 0.6) is 11.5 Å². The van der Waals surface area contributed by atoms with Crippen LogP contribution in [0.15, 0.2) is 18.2 Å². The highest BCUT2D eigenvalue weighted by Crippen LogP contribution is 2.33. The van der Waals surface area contributed by atoms with Gasteiger partial charge in [0.15, 0.2) is 11.5 Å². The summed E-state index contributed by atoms with van der Waals surface area (Å²) in [6.45, 7) is 4.61. The number of hydrogen-bond acceptors (Lipinski definition) is 3. The summed E-state index contributed by atoms with van der Waals surface area (Å²) in [5.41, 5.74) is 1.17. The summed E-state index contributed by atoms with van der Waals surface area (Å²) in [6, 6.07) is 6.01. The van der Waals surface area contributed by atoms with E-state index in [1.807, 2.05) is 18.2 Å². The Balaban J connectivity index is 0.00000264. The van der Waals surface area contributed by atoms with Gasteiger partial charge in [0.2, 0.25) is 6.79 Å². The Morgan fingerprint density at radius 1 is 1.09 bits per heavy atom. The second kappa shape index (κ2) is 11.2. The van der Waals surface area contributed by atoms with E-state index >= 15 is 0 Å². The fraction of sp³-hybridized carbons (Fsp3) is 0.667. The van der Waals surface area contributed by atoms with Gasteiger partial charge in [-0.1, -0.05) is 49.8 Å². The largest absolute Gasteiger partial charge is 0.616 e. The van der Waals surface area contributed by atoms with Crippen molar-refractivity contribution in [3.05, 3.63) is 23.8 Å². The van der Waals surface area contributed by atoms with Crippen LogP contribution in [0.4, 0.5) is 0 Å². The van der Waals surface area contributed by atoms with Gasteiger partial charge in [-0.15, -0.1) is 0 Å². The van der Waals surface area contributed by atoms with Crippen LogP contribution < -0.4 is 9.47 Å². The quantitative estimate of drug-likeness (QED) is 0.351. The first-order valence-electron chi connectivity index (χ1n) is 8.46. The molecule has 1 aromatic rings. The molecule has 1 aliphatic rings. The molecule has 1 aromatic carbocycles. The fourth-order valence-electron chi connectivity index (χ4n) is 2.72. The average Bonchev–Trinajstić information content (AvgIpc) is 2.98. The first-order chi connectivity index (χ1) is 10.7. The summed E-state index contributed by atoms with van der Waals surface area (Å²) >= 11 is -0.743. The Labute approximate surface area is 147 Å². The molecule has 3 unspecified atom stereocenters. The molecule has 3 nitrogen and oxygen atoms in total. The topological polar surface area (TPSA) is 41.5 Å². The Hall–Kier alpha value is -0.440. The monoisotopic (exact) mass is 358 g/mol. The van der Waals surface area contributed by atoms with Crippen LogP contribution in [-0.4, -0.2) is 22.3 Å². The maximum atomic E-state index is 12.3. The number of fused-ring (bicyclic) bond motifs is 1. The lowest BCUT2D eigenvalue weighted by Gasteiger charge is -2.18. The van der Waals surface area contributed by atoms with E-state index in [-0.39, 0.29) is 15.1 Å². The number of hydrogen-bond donors (Lipinski definition) is 0. The minimum Gasteiger partial charge on any atom is -0.616 e. The molecule has 2 rings (SSSR count). The Kier molecular flexibility index (Phi) is 10.0. The summed E-state index contributed by atoms with van der Waals surface area (Å²) in [5, 5.41) is 0.191. The SMILES string of the molecule is CCCCCCCC[S+]([O-])C(C)Cc1ccc2c(c1)OCO2.P. The second-order valence-corrected chi connectivity index (χ2v) is 8.03. The zero-order valence-corrected chi connectivity index (χ0v) is 16.7. The van der Waals surface area contributed by atoms with Gasteiger partial charge in [0.1, 0.15) is 11.0 Å². The van der Waals surface area contributed by atoms with Gasteiger partial charge >= 0.3 is 0 Å². The molecule has 0 bridgehead atoms. The van der Waals surface area contributed by atoms with Crippen LogP contribution in [0.3, 0.4) is 0 Å². The molecule has 0 N–H and O–H groups in total. The van der Waals surface area contributed by atoms with Crippen LogP contribution in [-0.2, 0) is 17.6 Å². The van der Waals surface area contributed by atoms with Gasteiger partial charge in [-0.2, -0.15) is 9.90 Å². The highest BCUT2D eigenvalue weighted by atomic mass is 32.2. The van der Waals surface area contributed by atoms with Crippen LogP contribution in [0.1, 0.15) is 57.9 Å². The van der Waals surface area contributed by atoms with Crippen molar-refractivity contribution in [1.82, 2.24) is 0 Å². The average molecular weight is 358 g/mol. The number of rotatable bonds is 10. The van der Waals surface area contributed by atoms with Crippen LogP contribution in [0, 0.1) is 0 Å². The minimum absolute atomic E-state index is 0. The van der Waals surface area contributed by atoms with E-state index in [1.54, 1.807) is 0 Å². The molecule has 0 aliphatic carbocycles. The van der Waals surface area contributed by atoms with E-state index in [0.29, 0.717) is 6.79 Å². The van der Waals surface area contributed by atoms with Gasteiger partial charge in [0, 0.05) is 6.42 Å². The lowest BCUT2D eigenvalue weighted by Crippen LogP contribution is -2.23. The third kappa shape index (κ3) is 6.91. The zero-order valence-electron chi connectivity index (χ0n) is 14.5. The van der Waals surface area contributed by atoms with Crippen LogP contribution in [0.25, 0.3) is 0 Å². The lowest BCUT2D eigenvalue weighted by atomic mass is 10.1. The third-order valence-electron chi connectivity index (χ3n) is 4.11. The molecule has 0 spiro atoms. The summed E-state index contributed by atoms with van der Waals surface area (Å²) in [7, 11) is 0. The first kappa shape index (κ1) is 20.6. The molecule has 0 saturated heterocycles. The van der Waals surface area contributed by atoms with Crippen molar-refractivity contribution in [2.24, 2.45) is 0 Å². The van der Waals surface area contributed by atoms with Gasteiger partial charge < -0.3 is 14.0 Å². The molecule has 0 fully saturated rings. The van der Waals surface area contributed by atoms with Crippen molar-refractivity contribution in [2.75, 3.05) is 12.5 Å². The highest BCUT2D eigenvalue weighted by molar-refractivity contribution is 7.91. The van der Waals surface area contributed by atoms with Crippen molar-refractivity contribution >= 4 is 21.1 Å². The Bertz CT molecular complexity index is 456. The number of benzene rings is 1. The fourth-order valence-corrected chi connectivity index (χ4v) is 3.99. The summed E-state index contributed by atoms with van der Waals surface area (Å²) in [6.07, 6.45) is 8.32. The number of ether oxygens (including phenoxy) is 2. The Morgan fingerprint density at radius 2 is 1.78 bits per heavy atom. The van der Waals surface area contributed by atoms with E-state index < -0.39 is 11.2 Å². The minimum atomic E-state index is -0.743. The van der Waals surface area contributed by atoms with Gasteiger partial charge in [-0.3, -0.25) is 0 Å². The molecule has 0 saturated carbocycles.